The summed E-state index contributed by atoms with van der Waals surface area (Å²) in [5.41, 5.74) is 2.52. The first-order chi connectivity index (χ1) is 13.7. The number of hydrogen-bond donors (Lipinski definition) is 0. The van der Waals surface area contributed by atoms with Crippen molar-refractivity contribution in [2.75, 3.05) is 0 Å². The molecule has 0 aliphatic heterocycles. The number of halogens is 1. The Kier molecular flexibility index (Phi) is 4.42. The molecule has 4 aromatic heterocycles. The minimum atomic E-state index is -0.268. The summed E-state index contributed by atoms with van der Waals surface area (Å²) in [6, 6.07) is 7.96. The third-order valence-corrected chi connectivity index (χ3v) is 6.87. The Balaban J connectivity index is 1.52. The van der Waals surface area contributed by atoms with E-state index in [-0.39, 0.29) is 11.4 Å². The van der Waals surface area contributed by atoms with Crippen LogP contribution in [0.5, 0.6) is 0 Å². The van der Waals surface area contributed by atoms with Crippen LogP contribution in [0.15, 0.2) is 63.4 Å². The smallest absolute Gasteiger partial charge is 0.258 e. The maximum absolute atomic E-state index is 13.3. The maximum Gasteiger partial charge on any atom is 0.258 e. The van der Waals surface area contributed by atoms with Gasteiger partial charge in [0.15, 0.2) is 4.96 Å². The van der Waals surface area contributed by atoms with Gasteiger partial charge >= 0.3 is 0 Å². The van der Waals surface area contributed by atoms with Gasteiger partial charge in [-0.25, -0.2) is 19.3 Å². The lowest BCUT2D eigenvalue weighted by Gasteiger charge is -2.05. The van der Waals surface area contributed by atoms with Gasteiger partial charge in [-0.1, -0.05) is 23.9 Å². The average Bonchev–Trinajstić information content (AvgIpc) is 3.34. The second-order valence-electron chi connectivity index (χ2n) is 5.95. The number of rotatable bonds is 4. The van der Waals surface area contributed by atoms with Crippen LogP contribution in [0.3, 0.4) is 0 Å². The predicted molar refractivity (Wildman–Crippen MR) is 112 cm³/mol. The lowest BCUT2D eigenvalue weighted by atomic mass is 10.1. The molecule has 0 N–H and O–H groups in total. The Morgan fingerprint density at radius 3 is 2.86 bits per heavy atom. The molecular weight excluding hydrogens is 415 g/mol. The zero-order chi connectivity index (χ0) is 19.1. The maximum atomic E-state index is 13.3. The second-order valence-corrected chi connectivity index (χ2v) is 8.64. The summed E-state index contributed by atoms with van der Waals surface area (Å²) < 4.78 is 14.8. The van der Waals surface area contributed by atoms with E-state index in [2.05, 4.69) is 15.0 Å². The highest BCUT2D eigenvalue weighted by atomic mass is 32.2. The molecular formula is C19H11FN4OS3. The minimum absolute atomic E-state index is 0.0859. The third kappa shape index (κ3) is 3.11. The molecule has 0 saturated heterocycles. The number of thioether (sulfide) groups is 1. The van der Waals surface area contributed by atoms with Crippen LogP contribution >= 0.6 is 34.4 Å². The zero-order valence-corrected chi connectivity index (χ0v) is 16.7. The van der Waals surface area contributed by atoms with Gasteiger partial charge in [-0.05, 0) is 17.7 Å². The van der Waals surface area contributed by atoms with E-state index >= 15 is 0 Å². The summed E-state index contributed by atoms with van der Waals surface area (Å²) >= 11 is 4.47. The van der Waals surface area contributed by atoms with Crippen molar-refractivity contribution in [3.8, 4) is 11.1 Å². The fourth-order valence-corrected chi connectivity index (χ4v) is 5.53. The summed E-state index contributed by atoms with van der Waals surface area (Å²) in [4.78, 5) is 27.1. The van der Waals surface area contributed by atoms with Gasteiger partial charge in [-0.15, -0.1) is 22.7 Å². The number of fused-ring (bicyclic) bond motifs is 2. The number of thiophene rings is 1. The molecule has 1 aromatic carbocycles. The van der Waals surface area contributed by atoms with Gasteiger partial charge in [-0.2, -0.15) is 0 Å². The van der Waals surface area contributed by atoms with Gasteiger partial charge in [-0.3, -0.25) is 9.20 Å². The Labute approximate surface area is 170 Å². The average molecular weight is 427 g/mol. The van der Waals surface area contributed by atoms with Gasteiger partial charge in [0.05, 0.1) is 11.1 Å². The summed E-state index contributed by atoms with van der Waals surface area (Å²) in [7, 11) is 0. The van der Waals surface area contributed by atoms with Crippen LogP contribution in [0.2, 0.25) is 0 Å². The zero-order valence-electron chi connectivity index (χ0n) is 14.2. The fourth-order valence-electron chi connectivity index (χ4n) is 2.90. The number of hydrogen-bond acceptors (Lipinski definition) is 7. The van der Waals surface area contributed by atoms with Gasteiger partial charge in [0.1, 0.15) is 22.0 Å². The molecule has 0 aliphatic rings. The topological polar surface area (TPSA) is 60.2 Å². The van der Waals surface area contributed by atoms with Crippen molar-refractivity contribution in [1.82, 2.24) is 19.4 Å². The first kappa shape index (κ1) is 17.5. The molecule has 0 radical (unpaired) electrons. The minimum Gasteiger partial charge on any atom is -0.269 e. The summed E-state index contributed by atoms with van der Waals surface area (Å²) in [6.45, 7) is 0. The van der Waals surface area contributed by atoms with Crippen molar-refractivity contribution < 1.29 is 4.39 Å². The molecule has 0 spiro atoms. The molecule has 0 saturated carbocycles. The number of thiazole rings is 1. The molecule has 5 nitrogen and oxygen atoms in total. The number of nitrogens with zero attached hydrogens (tertiary/aromatic N) is 4. The molecule has 0 amide bonds. The van der Waals surface area contributed by atoms with Crippen molar-refractivity contribution in [2.24, 2.45) is 0 Å². The van der Waals surface area contributed by atoms with Crippen LogP contribution in [0.1, 0.15) is 5.69 Å². The molecule has 0 aliphatic carbocycles. The summed E-state index contributed by atoms with van der Waals surface area (Å²) in [5.74, 6) is 0.254. The number of benzene rings is 1. The van der Waals surface area contributed by atoms with E-state index in [0.29, 0.717) is 16.4 Å². The fraction of sp³-hybridized carbons (Fsp3) is 0.0526. The second kappa shape index (κ2) is 7.08. The van der Waals surface area contributed by atoms with Crippen LogP contribution in [-0.4, -0.2) is 19.4 Å². The van der Waals surface area contributed by atoms with E-state index in [1.165, 1.54) is 51.0 Å². The molecule has 0 fully saturated rings. The highest BCUT2D eigenvalue weighted by Crippen LogP contribution is 2.38. The van der Waals surface area contributed by atoms with E-state index in [0.717, 1.165) is 26.4 Å². The van der Waals surface area contributed by atoms with Crippen LogP contribution < -0.4 is 5.56 Å². The molecule has 9 heteroatoms. The van der Waals surface area contributed by atoms with Gasteiger partial charge in [0.25, 0.3) is 5.56 Å². The van der Waals surface area contributed by atoms with E-state index in [1.807, 2.05) is 10.8 Å². The Bertz CT molecular complexity index is 1360. The molecule has 4 heterocycles. The van der Waals surface area contributed by atoms with Crippen molar-refractivity contribution in [1.29, 1.82) is 0 Å². The normalized spacial score (nSPS) is 11.5. The van der Waals surface area contributed by atoms with E-state index in [1.54, 1.807) is 30.7 Å². The van der Waals surface area contributed by atoms with Crippen molar-refractivity contribution >= 4 is 49.6 Å². The highest BCUT2D eigenvalue weighted by Gasteiger charge is 2.14. The van der Waals surface area contributed by atoms with E-state index in [9.17, 15) is 9.18 Å². The SMILES string of the molecule is O=c1cc(CSc2ncnc3scc(-c4ccc(F)cc4)c23)nc2sccn12. The van der Waals surface area contributed by atoms with E-state index < -0.39 is 0 Å². The van der Waals surface area contributed by atoms with Crippen LogP contribution in [0.25, 0.3) is 26.3 Å². The largest absolute Gasteiger partial charge is 0.269 e. The molecule has 0 unspecified atom stereocenters. The van der Waals surface area contributed by atoms with Gasteiger partial charge < -0.3 is 0 Å². The number of aromatic nitrogens is 4. The Morgan fingerprint density at radius 2 is 2.00 bits per heavy atom. The molecule has 5 aromatic rings. The first-order valence-corrected chi connectivity index (χ1v) is 11.0. The monoisotopic (exact) mass is 426 g/mol. The van der Waals surface area contributed by atoms with Gasteiger partial charge in [0, 0.05) is 34.3 Å². The van der Waals surface area contributed by atoms with Gasteiger partial charge in [0.2, 0.25) is 0 Å². The molecule has 138 valence electrons. The Morgan fingerprint density at radius 1 is 1.14 bits per heavy atom. The van der Waals surface area contributed by atoms with E-state index in [4.69, 9.17) is 0 Å². The van der Waals surface area contributed by atoms with Crippen LogP contribution in [-0.2, 0) is 5.75 Å². The third-order valence-electron chi connectivity index (χ3n) is 4.20. The summed E-state index contributed by atoms with van der Waals surface area (Å²) in [5, 5.41) is 5.62. The van der Waals surface area contributed by atoms with Crippen molar-refractivity contribution in [2.45, 2.75) is 10.8 Å². The van der Waals surface area contributed by atoms with Crippen molar-refractivity contribution in [3.05, 3.63) is 75.5 Å². The highest BCUT2D eigenvalue weighted by molar-refractivity contribution is 7.98. The first-order valence-electron chi connectivity index (χ1n) is 8.26. The quantitative estimate of drug-likeness (QED) is 0.303. The van der Waals surface area contributed by atoms with Crippen LogP contribution in [0.4, 0.5) is 4.39 Å². The lowest BCUT2D eigenvalue weighted by molar-refractivity contribution is 0.628. The molecule has 28 heavy (non-hydrogen) atoms. The molecule has 0 atom stereocenters. The molecule has 0 bridgehead atoms. The predicted octanol–water partition coefficient (Wildman–Crippen LogP) is 4.86. The summed E-state index contributed by atoms with van der Waals surface area (Å²) in [6.07, 6.45) is 3.26. The van der Waals surface area contributed by atoms with Crippen LogP contribution in [0, 0.1) is 5.82 Å². The Hall–Kier alpha value is -2.62. The standard InChI is InChI=1S/C19H11FN4OS3/c20-12-3-1-11(2-4-12)14-9-28-18-16(14)17(21-10-22-18)27-8-13-7-15(25)24-5-6-26-19(24)23-13/h1-7,9-10H,8H2. The van der Waals surface area contributed by atoms with Crippen molar-refractivity contribution in [3.63, 3.8) is 0 Å². The lowest BCUT2D eigenvalue weighted by Crippen LogP contribution is -2.12. The molecule has 5 rings (SSSR count).